The number of carbonyl (C=O) groups excluding carboxylic acids is 1. The lowest BCUT2D eigenvalue weighted by molar-refractivity contribution is 0.0972. The molecule has 0 atom stereocenters. The third-order valence-electron chi connectivity index (χ3n) is 5.01. The molecule has 0 saturated carbocycles. The van der Waals surface area contributed by atoms with Gasteiger partial charge in [-0.15, -0.1) is 11.3 Å². The van der Waals surface area contributed by atoms with Crippen LogP contribution in [0.2, 0.25) is 0 Å². The summed E-state index contributed by atoms with van der Waals surface area (Å²) in [4.78, 5) is 22.4. The van der Waals surface area contributed by atoms with Gasteiger partial charge in [-0.1, -0.05) is 26.0 Å². The van der Waals surface area contributed by atoms with Crippen molar-refractivity contribution in [3.8, 4) is 11.4 Å². The van der Waals surface area contributed by atoms with Crippen molar-refractivity contribution in [2.75, 3.05) is 5.32 Å². The second-order valence-corrected chi connectivity index (χ2v) is 9.03. The number of hydrogen-bond acceptors (Lipinski definition) is 6. The summed E-state index contributed by atoms with van der Waals surface area (Å²) in [5, 5.41) is 12.4. The fraction of sp³-hybridized carbons (Fsp3) is 0.167. The third-order valence-corrected chi connectivity index (χ3v) is 6.15. The number of ketones is 1. The molecule has 0 aliphatic heterocycles. The fourth-order valence-electron chi connectivity index (χ4n) is 3.51. The number of aromatic amines is 1. The Bertz CT molecular complexity index is 1400. The topological polar surface area (TPSA) is 83.6 Å². The van der Waals surface area contributed by atoms with Crippen LogP contribution < -0.4 is 5.32 Å². The molecule has 154 valence electrons. The number of Topliss-reactive ketones (excluding diaryl/α,β-unsaturated/α-hetero) is 1. The first-order valence-electron chi connectivity index (χ1n) is 10.2. The normalized spacial score (nSPS) is 11.5. The number of nitrogens with zero attached hydrogens (tertiary/aromatic N) is 3. The molecule has 2 aromatic carbocycles. The lowest BCUT2D eigenvalue weighted by atomic mass is 10.1. The molecule has 31 heavy (non-hydrogen) atoms. The van der Waals surface area contributed by atoms with Crippen LogP contribution >= 0.6 is 11.3 Å². The van der Waals surface area contributed by atoms with Crippen LogP contribution in [0.3, 0.4) is 0 Å². The van der Waals surface area contributed by atoms with Gasteiger partial charge in [-0.25, -0.2) is 9.97 Å². The van der Waals surface area contributed by atoms with Gasteiger partial charge in [-0.3, -0.25) is 9.89 Å². The SMILES string of the molecule is CC(C)CC(=O)c1cc2ccc(-c3nccc(Nc4ccc5[nH]ncc5c4)n3)cc2s1. The third kappa shape index (κ3) is 4.04. The van der Waals surface area contributed by atoms with Crippen molar-refractivity contribution in [1.82, 2.24) is 20.2 Å². The number of fused-ring (bicyclic) bond motifs is 2. The minimum Gasteiger partial charge on any atom is -0.340 e. The largest absolute Gasteiger partial charge is 0.340 e. The van der Waals surface area contributed by atoms with Gasteiger partial charge in [0.25, 0.3) is 0 Å². The van der Waals surface area contributed by atoms with Gasteiger partial charge < -0.3 is 5.32 Å². The zero-order chi connectivity index (χ0) is 21.4. The number of rotatable bonds is 6. The van der Waals surface area contributed by atoms with Crippen molar-refractivity contribution in [3.63, 3.8) is 0 Å². The lowest BCUT2D eigenvalue weighted by Crippen LogP contribution is -2.00. The number of thiophene rings is 1. The summed E-state index contributed by atoms with van der Waals surface area (Å²) in [5.74, 6) is 1.91. The second-order valence-electron chi connectivity index (χ2n) is 7.95. The van der Waals surface area contributed by atoms with Crippen LogP contribution in [0.1, 0.15) is 29.9 Å². The molecule has 0 aliphatic carbocycles. The number of hydrogen-bond donors (Lipinski definition) is 2. The smallest absolute Gasteiger partial charge is 0.173 e. The van der Waals surface area contributed by atoms with E-state index in [1.54, 1.807) is 12.4 Å². The van der Waals surface area contributed by atoms with Gasteiger partial charge in [0.1, 0.15) is 5.82 Å². The van der Waals surface area contributed by atoms with E-state index in [0.29, 0.717) is 24.0 Å². The van der Waals surface area contributed by atoms with E-state index in [1.165, 1.54) is 11.3 Å². The summed E-state index contributed by atoms with van der Waals surface area (Å²) in [6.07, 6.45) is 4.11. The van der Waals surface area contributed by atoms with E-state index in [-0.39, 0.29) is 5.78 Å². The van der Waals surface area contributed by atoms with E-state index < -0.39 is 0 Å². The first-order valence-corrected chi connectivity index (χ1v) is 11.0. The van der Waals surface area contributed by atoms with Crippen molar-refractivity contribution in [2.24, 2.45) is 5.92 Å². The average Bonchev–Trinajstić information content (AvgIpc) is 3.39. The molecule has 0 fully saturated rings. The number of anilines is 2. The van der Waals surface area contributed by atoms with Crippen LogP contribution in [-0.2, 0) is 0 Å². The maximum Gasteiger partial charge on any atom is 0.173 e. The summed E-state index contributed by atoms with van der Waals surface area (Å²) >= 11 is 1.54. The Morgan fingerprint density at radius 1 is 1.10 bits per heavy atom. The first-order chi connectivity index (χ1) is 15.0. The minimum atomic E-state index is 0.204. The van der Waals surface area contributed by atoms with Gasteiger partial charge in [0, 0.05) is 34.0 Å². The molecule has 3 heterocycles. The first kappa shape index (κ1) is 19.4. The Morgan fingerprint density at radius 3 is 2.87 bits per heavy atom. The van der Waals surface area contributed by atoms with Gasteiger partial charge >= 0.3 is 0 Å². The van der Waals surface area contributed by atoms with E-state index in [2.05, 4.69) is 45.4 Å². The van der Waals surface area contributed by atoms with Gasteiger partial charge in [-0.2, -0.15) is 5.10 Å². The van der Waals surface area contributed by atoms with Gasteiger partial charge in [0.05, 0.1) is 16.6 Å². The zero-order valence-corrected chi connectivity index (χ0v) is 18.0. The summed E-state index contributed by atoms with van der Waals surface area (Å²) in [6, 6.07) is 15.9. The molecule has 0 unspecified atom stereocenters. The van der Waals surface area contributed by atoms with Crippen LogP contribution in [0, 0.1) is 5.92 Å². The Kier molecular flexibility index (Phi) is 4.95. The maximum atomic E-state index is 12.4. The summed E-state index contributed by atoms with van der Waals surface area (Å²) < 4.78 is 1.07. The number of benzene rings is 2. The second kappa shape index (κ2) is 7.92. The lowest BCUT2D eigenvalue weighted by Gasteiger charge is -2.07. The quantitative estimate of drug-likeness (QED) is 0.315. The molecule has 3 aromatic heterocycles. The predicted octanol–water partition coefficient (Wildman–Crippen LogP) is 6.21. The summed E-state index contributed by atoms with van der Waals surface area (Å²) in [5.41, 5.74) is 2.84. The molecule has 5 rings (SSSR count). The Balaban J connectivity index is 1.42. The Morgan fingerprint density at radius 2 is 2.00 bits per heavy atom. The van der Waals surface area contributed by atoms with E-state index >= 15 is 0 Å². The summed E-state index contributed by atoms with van der Waals surface area (Å²) in [7, 11) is 0. The molecule has 0 radical (unpaired) electrons. The van der Waals surface area contributed by atoms with E-state index in [4.69, 9.17) is 0 Å². The van der Waals surface area contributed by atoms with Crippen molar-refractivity contribution in [2.45, 2.75) is 20.3 Å². The monoisotopic (exact) mass is 427 g/mol. The highest BCUT2D eigenvalue weighted by Gasteiger charge is 2.13. The molecule has 2 N–H and O–H groups in total. The van der Waals surface area contributed by atoms with E-state index in [0.717, 1.165) is 37.1 Å². The maximum absolute atomic E-state index is 12.4. The van der Waals surface area contributed by atoms with Crippen LogP contribution in [0.25, 0.3) is 32.4 Å². The minimum absolute atomic E-state index is 0.204. The molecular formula is C24H21N5OS. The molecular weight excluding hydrogens is 406 g/mol. The molecule has 6 nitrogen and oxygen atoms in total. The number of aromatic nitrogens is 4. The Labute approximate surface area is 183 Å². The van der Waals surface area contributed by atoms with E-state index in [1.807, 2.05) is 42.5 Å². The molecule has 0 spiro atoms. The van der Waals surface area contributed by atoms with Crippen molar-refractivity contribution >= 4 is 49.6 Å². The molecule has 0 aliphatic rings. The molecule has 0 amide bonds. The van der Waals surface area contributed by atoms with Crippen LogP contribution in [0.15, 0.2) is 60.9 Å². The van der Waals surface area contributed by atoms with Crippen molar-refractivity contribution in [1.29, 1.82) is 0 Å². The Hall–Kier alpha value is -3.58. The van der Waals surface area contributed by atoms with Crippen molar-refractivity contribution < 1.29 is 4.79 Å². The molecule has 0 bridgehead atoms. The standard InChI is InChI=1S/C24H21N5OS/c1-14(2)9-20(30)22-11-15-3-4-16(12-21(15)31-22)24-25-8-7-23(28-24)27-18-5-6-19-17(10-18)13-26-29-19/h3-8,10-14H,9H2,1-2H3,(H,26,29)(H,25,27,28). The number of carbonyl (C=O) groups is 1. The van der Waals surface area contributed by atoms with Gasteiger partial charge in [0.15, 0.2) is 11.6 Å². The van der Waals surface area contributed by atoms with Gasteiger partial charge in [-0.05, 0) is 47.7 Å². The molecule has 7 heteroatoms. The van der Waals surface area contributed by atoms with Crippen LogP contribution in [0.5, 0.6) is 0 Å². The van der Waals surface area contributed by atoms with Crippen molar-refractivity contribution in [3.05, 3.63) is 65.8 Å². The van der Waals surface area contributed by atoms with Crippen LogP contribution in [0.4, 0.5) is 11.5 Å². The number of H-pyrrole nitrogens is 1. The molecule has 5 aromatic rings. The molecule has 0 saturated heterocycles. The van der Waals surface area contributed by atoms with Gasteiger partial charge in [0.2, 0.25) is 0 Å². The zero-order valence-electron chi connectivity index (χ0n) is 17.2. The average molecular weight is 428 g/mol. The highest BCUT2D eigenvalue weighted by molar-refractivity contribution is 7.20. The number of nitrogens with one attached hydrogen (secondary N) is 2. The summed E-state index contributed by atoms with van der Waals surface area (Å²) in [6.45, 7) is 4.13. The van der Waals surface area contributed by atoms with E-state index in [9.17, 15) is 4.79 Å². The fourth-order valence-corrected chi connectivity index (χ4v) is 4.57. The predicted molar refractivity (Wildman–Crippen MR) is 126 cm³/mol. The van der Waals surface area contributed by atoms with Crippen LogP contribution in [-0.4, -0.2) is 25.9 Å². The highest BCUT2D eigenvalue weighted by atomic mass is 32.1. The highest BCUT2D eigenvalue weighted by Crippen LogP contribution is 2.31.